The summed E-state index contributed by atoms with van der Waals surface area (Å²) in [5.41, 5.74) is 0.611. The number of benzene rings is 1. The van der Waals surface area contributed by atoms with Gasteiger partial charge in [0.1, 0.15) is 0 Å². The van der Waals surface area contributed by atoms with Crippen molar-refractivity contribution in [3.8, 4) is 0 Å². The Hall–Kier alpha value is -1.99. The Morgan fingerprint density at radius 2 is 1.90 bits per heavy atom. The zero-order valence-corrected chi connectivity index (χ0v) is 11.6. The zero-order valence-electron chi connectivity index (χ0n) is 11.6. The largest absolute Gasteiger partial charge is 0.325 e. The molecule has 2 fully saturated rings. The van der Waals surface area contributed by atoms with Gasteiger partial charge in [-0.2, -0.15) is 0 Å². The highest BCUT2D eigenvalue weighted by atomic mass is 16.6. The lowest BCUT2D eigenvalue weighted by Gasteiger charge is -2.16. The summed E-state index contributed by atoms with van der Waals surface area (Å²) in [6.07, 6.45) is 0. The van der Waals surface area contributed by atoms with Crippen LogP contribution in [0.1, 0.15) is 0 Å². The van der Waals surface area contributed by atoms with Gasteiger partial charge in [-0.05, 0) is 37.1 Å². The van der Waals surface area contributed by atoms with Gasteiger partial charge in [0.05, 0.1) is 11.5 Å². The molecule has 21 heavy (non-hydrogen) atoms. The number of fused-ring (bicyclic) bond motifs is 1. The minimum atomic E-state index is -0.456. The number of amides is 1. The summed E-state index contributed by atoms with van der Waals surface area (Å²) >= 11 is 0. The second kappa shape index (κ2) is 5.79. The second-order valence-electron chi connectivity index (χ2n) is 5.72. The summed E-state index contributed by atoms with van der Waals surface area (Å²) in [5, 5.41) is 16.7. The van der Waals surface area contributed by atoms with Gasteiger partial charge in [0.2, 0.25) is 5.91 Å². The van der Waals surface area contributed by atoms with Crippen LogP contribution in [0.25, 0.3) is 0 Å². The quantitative estimate of drug-likeness (QED) is 0.629. The van der Waals surface area contributed by atoms with Gasteiger partial charge in [-0.25, -0.2) is 0 Å². The van der Waals surface area contributed by atoms with Crippen molar-refractivity contribution in [1.29, 1.82) is 0 Å². The predicted octanol–water partition coefficient (Wildman–Crippen LogP) is 0.684. The molecule has 7 nitrogen and oxygen atoms in total. The molecule has 0 aromatic heterocycles. The minimum Gasteiger partial charge on any atom is -0.325 e. The van der Waals surface area contributed by atoms with E-state index in [4.69, 9.17) is 0 Å². The van der Waals surface area contributed by atoms with Gasteiger partial charge in [0.25, 0.3) is 5.69 Å². The zero-order chi connectivity index (χ0) is 14.8. The van der Waals surface area contributed by atoms with E-state index in [1.54, 1.807) is 12.1 Å². The van der Waals surface area contributed by atoms with Gasteiger partial charge in [-0.3, -0.25) is 19.8 Å². The first-order chi connectivity index (χ1) is 10.1. The molecule has 2 N–H and O–H groups in total. The normalized spacial score (nSPS) is 24.8. The number of hydrogen-bond acceptors (Lipinski definition) is 5. The van der Waals surface area contributed by atoms with Gasteiger partial charge in [0.15, 0.2) is 0 Å². The van der Waals surface area contributed by atoms with E-state index in [2.05, 4.69) is 15.5 Å². The first kappa shape index (κ1) is 14.0. The van der Waals surface area contributed by atoms with E-state index in [0.717, 1.165) is 26.2 Å². The minimum absolute atomic E-state index is 0.0212. The van der Waals surface area contributed by atoms with Crippen LogP contribution in [-0.2, 0) is 4.79 Å². The Morgan fingerprint density at radius 3 is 2.48 bits per heavy atom. The highest BCUT2D eigenvalue weighted by Gasteiger charge is 2.36. The fourth-order valence-electron chi connectivity index (χ4n) is 3.15. The van der Waals surface area contributed by atoms with Crippen molar-refractivity contribution >= 4 is 17.3 Å². The van der Waals surface area contributed by atoms with Crippen LogP contribution in [0.4, 0.5) is 11.4 Å². The Morgan fingerprint density at radius 1 is 1.29 bits per heavy atom. The molecule has 1 aromatic carbocycles. The SMILES string of the molecule is O=C(CN1C[C@H]2CNC[C@H]2C1)Nc1ccc([N+](=O)[O-])cc1. The molecule has 0 spiro atoms. The lowest BCUT2D eigenvalue weighted by molar-refractivity contribution is -0.384. The number of nitro benzene ring substituents is 1. The molecule has 0 saturated carbocycles. The van der Waals surface area contributed by atoms with E-state index in [1.807, 2.05) is 0 Å². The standard InChI is InChI=1S/C14H18N4O3/c19-14(9-17-7-10-5-15-6-11(10)8-17)16-12-1-3-13(4-2-12)18(20)21/h1-4,10-11,15H,5-9H2,(H,16,19)/t10-,11+. The first-order valence-electron chi connectivity index (χ1n) is 7.09. The van der Waals surface area contributed by atoms with Gasteiger partial charge < -0.3 is 10.6 Å². The van der Waals surface area contributed by atoms with Crippen molar-refractivity contribution in [2.45, 2.75) is 0 Å². The van der Waals surface area contributed by atoms with Gasteiger partial charge in [-0.1, -0.05) is 0 Å². The summed E-state index contributed by atoms with van der Waals surface area (Å²) in [5.74, 6) is 1.26. The van der Waals surface area contributed by atoms with E-state index in [1.165, 1.54) is 12.1 Å². The number of rotatable bonds is 4. The maximum Gasteiger partial charge on any atom is 0.269 e. The summed E-state index contributed by atoms with van der Waals surface area (Å²) < 4.78 is 0. The lowest BCUT2D eigenvalue weighted by Crippen LogP contribution is -2.33. The van der Waals surface area contributed by atoms with Crippen molar-refractivity contribution in [3.63, 3.8) is 0 Å². The highest BCUT2D eigenvalue weighted by molar-refractivity contribution is 5.92. The second-order valence-corrected chi connectivity index (χ2v) is 5.72. The third-order valence-electron chi connectivity index (χ3n) is 4.19. The van der Waals surface area contributed by atoms with Crippen LogP contribution in [0.2, 0.25) is 0 Å². The number of anilines is 1. The smallest absolute Gasteiger partial charge is 0.269 e. The van der Waals surface area contributed by atoms with Crippen LogP contribution >= 0.6 is 0 Å². The molecule has 2 heterocycles. The number of nitrogens with one attached hydrogen (secondary N) is 2. The van der Waals surface area contributed by atoms with Gasteiger partial charge >= 0.3 is 0 Å². The summed E-state index contributed by atoms with van der Waals surface area (Å²) in [7, 11) is 0. The molecule has 3 rings (SSSR count). The fourth-order valence-corrected chi connectivity index (χ4v) is 3.15. The summed E-state index contributed by atoms with van der Waals surface area (Å²) in [6, 6.07) is 5.89. The molecule has 0 aliphatic carbocycles. The number of nitrogens with zero attached hydrogens (tertiary/aromatic N) is 2. The predicted molar refractivity (Wildman–Crippen MR) is 78.0 cm³/mol. The maximum atomic E-state index is 12.0. The van der Waals surface area contributed by atoms with E-state index < -0.39 is 4.92 Å². The van der Waals surface area contributed by atoms with E-state index in [9.17, 15) is 14.9 Å². The van der Waals surface area contributed by atoms with E-state index >= 15 is 0 Å². The number of likely N-dealkylation sites (tertiary alicyclic amines) is 1. The fraction of sp³-hybridized carbons (Fsp3) is 0.500. The molecule has 1 amide bonds. The van der Waals surface area contributed by atoms with Crippen molar-refractivity contribution in [2.24, 2.45) is 11.8 Å². The number of carbonyl (C=O) groups excluding carboxylic acids is 1. The molecule has 2 atom stereocenters. The molecule has 112 valence electrons. The summed E-state index contributed by atoms with van der Waals surface area (Å²) in [4.78, 5) is 24.3. The number of carbonyl (C=O) groups is 1. The summed E-state index contributed by atoms with van der Waals surface area (Å²) in [6.45, 7) is 4.40. The molecule has 0 unspecified atom stereocenters. The molecular formula is C14H18N4O3. The molecule has 2 aliphatic heterocycles. The first-order valence-corrected chi connectivity index (χ1v) is 7.09. The maximum absolute atomic E-state index is 12.0. The Bertz CT molecular complexity index is 534. The van der Waals surface area contributed by atoms with Crippen LogP contribution in [0.3, 0.4) is 0 Å². The van der Waals surface area contributed by atoms with Crippen LogP contribution < -0.4 is 10.6 Å². The van der Waals surface area contributed by atoms with Crippen LogP contribution in [0, 0.1) is 22.0 Å². The third-order valence-corrected chi connectivity index (χ3v) is 4.19. The van der Waals surface area contributed by atoms with E-state index in [0.29, 0.717) is 24.1 Å². The van der Waals surface area contributed by atoms with Gasteiger partial charge in [-0.15, -0.1) is 0 Å². The molecule has 0 bridgehead atoms. The van der Waals surface area contributed by atoms with Crippen molar-refractivity contribution < 1.29 is 9.72 Å². The highest BCUT2D eigenvalue weighted by Crippen LogP contribution is 2.26. The Balaban J connectivity index is 1.51. The third kappa shape index (κ3) is 3.20. The molecule has 1 aromatic rings. The number of hydrogen-bond donors (Lipinski definition) is 2. The Kier molecular flexibility index (Phi) is 3.85. The lowest BCUT2D eigenvalue weighted by atomic mass is 10.0. The Labute approximate surface area is 122 Å². The molecular weight excluding hydrogens is 272 g/mol. The van der Waals surface area contributed by atoms with Crippen LogP contribution in [-0.4, -0.2) is 48.5 Å². The molecule has 0 radical (unpaired) electrons. The van der Waals surface area contributed by atoms with E-state index in [-0.39, 0.29) is 11.6 Å². The topological polar surface area (TPSA) is 87.5 Å². The van der Waals surface area contributed by atoms with Crippen LogP contribution in [0.5, 0.6) is 0 Å². The monoisotopic (exact) mass is 290 g/mol. The molecule has 7 heteroatoms. The van der Waals surface area contributed by atoms with Crippen LogP contribution in [0.15, 0.2) is 24.3 Å². The average Bonchev–Trinajstić information content (AvgIpc) is 3.00. The van der Waals surface area contributed by atoms with Crippen molar-refractivity contribution in [1.82, 2.24) is 10.2 Å². The number of non-ortho nitro benzene ring substituents is 1. The van der Waals surface area contributed by atoms with Crippen molar-refractivity contribution in [3.05, 3.63) is 34.4 Å². The number of nitro groups is 1. The molecule has 2 saturated heterocycles. The van der Waals surface area contributed by atoms with Gasteiger partial charge in [0, 0.05) is 30.9 Å². The van der Waals surface area contributed by atoms with Crippen molar-refractivity contribution in [2.75, 3.05) is 38.0 Å². The molecule has 2 aliphatic rings. The average molecular weight is 290 g/mol.